The number of aliphatic hydroxyl groups is 2. The van der Waals surface area contributed by atoms with Crippen molar-refractivity contribution in [3.63, 3.8) is 0 Å². The zero-order chi connectivity index (χ0) is 62.8. The topological polar surface area (TPSA) is 95.9 Å². The highest BCUT2D eigenvalue weighted by molar-refractivity contribution is 5.76. The summed E-state index contributed by atoms with van der Waals surface area (Å²) in [5.74, 6) is -0.0564. The third-order valence-corrected chi connectivity index (χ3v) is 18.0. The molecule has 0 bridgehead atoms. The van der Waals surface area contributed by atoms with Gasteiger partial charge >= 0.3 is 5.97 Å². The molecule has 6 heteroatoms. The van der Waals surface area contributed by atoms with Gasteiger partial charge in [-0.3, -0.25) is 9.59 Å². The molecule has 6 nitrogen and oxygen atoms in total. The van der Waals surface area contributed by atoms with Gasteiger partial charge in [-0.2, -0.15) is 0 Å². The number of nitrogens with one attached hydrogen (secondary N) is 1. The molecular weight excluding hydrogens is 1070 g/mol. The Kier molecular flexibility index (Phi) is 73.9. The number of esters is 1. The summed E-state index contributed by atoms with van der Waals surface area (Å²) in [4.78, 5) is 24.6. The largest absolute Gasteiger partial charge is 0.466 e. The number of amides is 1. The van der Waals surface area contributed by atoms with Crippen molar-refractivity contribution >= 4 is 11.9 Å². The van der Waals surface area contributed by atoms with Crippen molar-refractivity contribution in [1.29, 1.82) is 0 Å². The quantitative estimate of drug-likeness (QED) is 0.0320. The summed E-state index contributed by atoms with van der Waals surface area (Å²) < 4.78 is 5.49. The average molecular weight is 1220 g/mol. The van der Waals surface area contributed by atoms with Crippen LogP contribution in [0, 0.1) is 0 Å². The number of rotatable bonds is 73. The summed E-state index contributed by atoms with van der Waals surface area (Å²) in [6, 6.07) is -0.626. The minimum Gasteiger partial charge on any atom is -0.466 e. The smallest absolute Gasteiger partial charge is 0.305 e. The van der Waals surface area contributed by atoms with E-state index in [-0.39, 0.29) is 18.5 Å². The fraction of sp³-hybridized carbons (Fsp3) is 0.852. The third-order valence-electron chi connectivity index (χ3n) is 18.0. The lowest BCUT2D eigenvalue weighted by Gasteiger charge is -2.20. The number of carbonyl (C=O) groups is 2. The van der Waals surface area contributed by atoms with E-state index in [1.807, 2.05) is 6.08 Å². The lowest BCUT2D eigenvalue weighted by Crippen LogP contribution is -2.45. The van der Waals surface area contributed by atoms with E-state index in [0.29, 0.717) is 19.4 Å². The van der Waals surface area contributed by atoms with Gasteiger partial charge in [0, 0.05) is 12.8 Å². The molecule has 0 fully saturated rings. The van der Waals surface area contributed by atoms with Crippen LogP contribution in [0.3, 0.4) is 0 Å². The van der Waals surface area contributed by atoms with Crippen molar-refractivity contribution in [2.24, 2.45) is 0 Å². The predicted molar refractivity (Wildman–Crippen MR) is 384 cm³/mol. The van der Waals surface area contributed by atoms with Crippen LogP contribution < -0.4 is 5.32 Å². The molecule has 2 unspecified atom stereocenters. The summed E-state index contributed by atoms with van der Waals surface area (Å²) in [6.07, 6.45) is 102. The fourth-order valence-corrected chi connectivity index (χ4v) is 12.1. The molecule has 0 aromatic heterocycles. The molecular formula is C81H151NO5. The molecule has 87 heavy (non-hydrogen) atoms. The summed E-state index contributed by atoms with van der Waals surface area (Å²) in [7, 11) is 0. The van der Waals surface area contributed by atoms with E-state index in [2.05, 4.69) is 67.8 Å². The van der Waals surface area contributed by atoms with Gasteiger partial charge in [0.15, 0.2) is 0 Å². The van der Waals surface area contributed by atoms with E-state index in [0.717, 1.165) is 57.8 Å². The van der Waals surface area contributed by atoms with Crippen LogP contribution >= 0.6 is 0 Å². The van der Waals surface area contributed by atoms with Crippen LogP contribution in [0.15, 0.2) is 60.8 Å². The zero-order valence-electron chi connectivity index (χ0n) is 58.5. The Morgan fingerprint density at radius 2 is 0.575 bits per heavy atom. The van der Waals surface area contributed by atoms with Gasteiger partial charge in [-0.05, 0) is 96.3 Å². The number of allylic oxidation sites excluding steroid dienone is 9. The van der Waals surface area contributed by atoms with Gasteiger partial charge in [0.05, 0.1) is 25.4 Å². The predicted octanol–water partition coefficient (Wildman–Crippen LogP) is 25.8. The van der Waals surface area contributed by atoms with Gasteiger partial charge in [-0.1, -0.05) is 370 Å². The van der Waals surface area contributed by atoms with Crippen LogP contribution in [0.2, 0.25) is 0 Å². The van der Waals surface area contributed by atoms with E-state index in [4.69, 9.17) is 4.74 Å². The summed E-state index contributed by atoms with van der Waals surface area (Å²) in [6.45, 7) is 4.90. The first kappa shape index (κ1) is 84.6. The molecule has 0 aliphatic rings. The molecule has 0 aliphatic heterocycles. The van der Waals surface area contributed by atoms with Crippen LogP contribution in [-0.4, -0.2) is 47.4 Å². The highest BCUT2D eigenvalue weighted by Gasteiger charge is 2.18. The number of hydrogen-bond acceptors (Lipinski definition) is 5. The Morgan fingerprint density at radius 3 is 0.897 bits per heavy atom. The Morgan fingerprint density at radius 1 is 0.322 bits per heavy atom. The minimum absolute atomic E-state index is 0.00613. The Balaban J connectivity index is 3.37. The molecule has 510 valence electrons. The van der Waals surface area contributed by atoms with E-state index < -0.39 is 12.1 Å². The highest BCUT2D eigenvalue weighted by Crippen LogP contribution is 2.19. The van der Waals surface area contributed by atoms with Crippen molar-refractivity contribution < 1.29 is 24.5 Å². The maximum atomic E-state index is 12.5. The molecule has 1 amide bonds. The van der Waals surface area contributed by atoms with Gasteiger partial charge in [0.1, 0.15) is 0 Å². The first-order chi connectivity index (χ1) is 43.0. The second-order valence-electron chi connectivity index (χ2n) is 26.7. The van der Waals surface area contributed by atoms with Crippen molar-refractivity contribution in [3.8, 4) is 0 Å². The number of unbranched alkanes of at least 4 members (excludes halogenated alkanes) is 54. The Bertz CT molecular complexity index is 1500. The molecule has 2 atom stereocenters. The van der Waals surface area contributed by atoms with Crippen LogP contribution in [0.5, 0.6) is 0 Å². The second kappa shape index (κ2) is 76.0. The van der Waals surface area contributed by atoms with Crippen molar-refractivity contribution in [2.75, 3.05) is 13.2 Å². The number of hydrogen-bond donors (Lipinski definition) is 3. The molecule has 0 aromatic rings. The lowest BCUT2D eigenvalue weighted by molar-refractivity contribution is -0.143. The molecule has 0 saturated heterocycles. The summed E-state index contributed by atoms with van der Waals surface area (Å²) >= 11 is 0. The number of aliphatic hydroxyl groups excluding tert-OH is 2. The molecule has 0 rings (SSSR count). The monoisotopic (exact) mass is 1220 g/mol. The van der Waals surface area contributed by atoms with Crippen molar-refractivity contribution in [3.05, 3.63) is 60.8 Å². The molecule has 0 heterocycles. The van der Waals surface area contributed by atoms with Crippen molar-refractivity contribution in [2.45, 2.75) is 431 Å². The average Bonchev–Trinajstić information content (AvgIpc) is 3.53. The van der Waals surface area contributed by atoms with Gasteiger partial charge < -0.3 is 20.3 Å². The number of ether oxygens (including phenoxy) is 1. The first-order valence-corrected chi connectivity index (χ1v) is 39.1. The van der Waals surface area contributed by atoms with Crippen LogP contribution in [0.25, 0.3) is 0 Å². The first-order valence-electron chi connectivity index (χ1n) is 39.1. The van der Waals surface area contributed by atoms with Crippen LogP contribution in [0.1, 0.15) is 418 Å². The maximum absolute atomic E-state index is 12.5. The SMILES string of the molecule is CCCCC/C=C\C/C=C\CCCCCCCC(=O)OCCCCCCCCCCCCCCCCC/C=C\C/C=C\CCCCCCCCCCCCCCCCCCCC(=O)NC(CO)C(O)/C=C/CCCCCCCCCCCCCCCC. The standard InChI is InChI=1S/C81H151NO5/c1-3-5-7-9-11-13-15-17-19-46-49-53-57-61-65-69-73-79(84)78(77-83)82-80(85)74-70-66-62-58-54-50-47-43-41-39-37-35-33-31-29-27-25-23-21-20-22-24-26-28-30-32-34-36-38-40-42-44-48-52-56-60-64-68-72-76-87-81(86)75-71-67-63-59-55-51-45-18-16-14-12-10-8-6-4-2/h12,14,18,20-21,24,26,45,69,73,78-79,83-84H,3-11,13,15-17,19,22-23,25,27-44,46-68,70-72,74-77H2,1-2H3,(H,82,85)/b14-12-,21-20-,26-24-,45-18-,73-69+. The lowest BCUT2D eigenvalue weighted by atomic mass is 10.0. The van der Waals surface area contributed by atoms with Crippen molar-refractivity contribution in [1.82, 2.24) is 5.32 Å². The normalized spacial score (nSPS) is 12.8. The van der Waals surface area contributed by atoms with Gasteiger partial charge in [0.25, 0.3) is 0 Å². The van der Waals surface area contributed by atoms with Crippen LogP contribution in [0.4, 0.5) is 0 Å². The Hall–Kier alpha value is -2.44. The molecule has 0 saturated carbocycles. The molecule has 0 spiro atoms. The second-order valence-corrected chi connectivity index (χ2v) is 26.7. The fourth-order valence-electron chi connectivity index (χ4n) is 12.1. The van der Waals surface area contributed by atoms with E-state index in [1.54, 1.807) is 6.08 Å². The third kappa shape index (κ3) is 72.5. The van der Waals surface area contributed by atoms with Gasteiger partial charge in [0.2, 0.25) is 5.91 Å². The van der Waals surface area contributed by atoms with E-state index >= 15 is 0 Å². The van der Waals surface area contributed by atoms with Gasteiger partial charge in [-0.25, -0.2) is 0 Å². The summed E-state index contributed by atoms with van der Waals surface area (Å²) in [5, 5.41) is 23.2. The Labute approximate surface area is 543 Å². The molecule has 0 aliphatic carbocycles. The molecule has 0 radical (unpaired) electrons. The maximum Gasteiger partial charge on any atom is 0.305 e. The zero-order valence-corrected chi connectivity index (χ0v) is 58.5. The van der Waals surface area contributed by atoms with Gasteiger partial charge in [-0.15, -0.1) is 0 Å². The molecule has 0 aromatic carbocycles. The van der Waals surface area contributed by atoms with E-state index in [1.165, 1.54) is 334 Å². The van der Waals surface area contributed by atoms with E-state index in [9.17, 15) is 19.8 Å². The highest BCUT2D eigenvalue weighted by atomic mass is 16.5. The molecule has 3 N–H and O–H groups in total. The minimum atomic E-state index is -0.843. The number of carbonyl (C=O) groups excluding carboxylic acids is 2. The summed E-state index contributed by atoms with van der Waals surface area (Å²) in [5.41, 5.74) is 0. The van der Waals surface area contributed by atoms with Crippen LogP contribution in [-0.2, 0) is 14.3 Å².